The van der Waals surface area contributed by atoms with Gasteiger partial charge in [0, 0.05) is 12.0 Å². The van der Waals surface area contributed by atoms with Crippen molar-refractivity contribution in [1.29, 1.82) is 0 Å². The number of nitrogens with two attached hydrogens (primary N) is 1. The Balaban J connectivity index is 1.77. The van der Waals surface area contributed by atoms with E-state index in [1.165, 1.54) is 22.8 Å². The van der Waals surface area contributed by atoms with Gasteiger partial charge in [0.25, 0.3) is 0 Å². The summed E-state index contributed by atoms with van der Waals surface area (Å²) in [6.45, 7) is 3.48. The van der Waals surface area contributed by atoms with Crippen LogP contribution in [0, 0.1) is 6.92 Å². The lowest BCUT2D eigenvalue weighted by molar-refractivity contribution is 0.209. The number of ether oxygens (including phenoxy) is 1. The normalized spacial score (nSPS) is 22.3. The minimum atomic E-state index is -3.74. The molecule has 5 nitrogen and oxygen atoms in total. The van der Waals surface area contributed by atoms with Gasteiger partial charge in [0.05, 0.1) is 40.1 Å². The Morgan fingerprint density at radius 3 is 2.81 bits per heavy atom. The topological polar surface area (TPSA) is 72.6 Å². The predicted molar refractivity (Wildman–Crippen MR) is 110 cm³/mol. The Kier molecular flexibility index (Phi) is 4.44. The molecular formula is C19H21IN2O3S. The first-order chi connectivity index (χ1) is 12.3. The average Bonchev–Trinajstić information content (AvgIpc) is 2.71. The number of halogens is 1. The van der Waals surface area contributed by atoms with Crippen molar-refractivity contribution in [1.82, 2.24) is 0 Å². The van der Waals surface area contributed by atoms with Crippen LogP contribution in [-0.4, -0.2) is 21.6 Å². The first kappa shape index (κ1) is 18.1. The van der Waals surface area contributed by atoms with Crippen molar-refractivity contribution in [3.63, 3.8) is 0 Å². The number of anilines is 1. The molecule has 0 radical (unpaired) electrons. The molecule has 0 aromatic heterocycles. The third-order valence-electron chi connectivity index (χ3n) is 5.40. The van der Waals surface area contributed by atoms with Crippen LogP contribution in [0.1, 0.15) is 29.5 Å². The zero-order valence-corrected chi connectivity index (χ0v) is 17.5. The van der Waals surface area contributed by atoms with Crippen molar-refractivity contribution in [3.8, 4) is 5.75 Å². The van der Waals surface area contributed by atoms with Gasteiger partial charge in [-0.25, -0.2) is 13.6 Å². The van der Waals surface area contributed by atoms with E-state index in [-0.39, 0.29) is 10.3 Å². The molecular weight excluding hydrogens is 463 g/mol. The molecule has 0 fully saturated rings. The van der Waals surface area contributed by atoms with Gasteiger partial charge in [-0.2, -0.15) is 0 Å². The monoisotopic (exact) mass is 484 g/mol. The number of nitrogens with zero attached hydrogens (tertiary/aromatic N) is 1. The van der Waals surface area contributed by atoms with E-state index in [0.29, 0.717) is 12.4 Å². The maximum absolute atomic E-state index is 11.7. The highest BCUT2D eigenvalue weighted by Crippen LogP contribution is 2.45. The fourth-order valence-corrected chi connectivity index (χ4v) is 5.67. The molecule has 26 heavy (non-hydrogen) atoms. The highest BCUT2D eigenvalue weighted by atomic mass is 127. The SMILES string of the molecule is Cc1ccc2c(c1)CCCC21COc2ccc(S(N)(=O)=O)cc2N(I)C1. The Morgan fingerprint density at radius 2 is 2.04 bits per heavy atom. The van der Waals surface area contributed by atoms with Gasteiger partial charge in [-0.15, -0.1) is 0 Å². The lowest BCUT2D eigenvalue weighted by Gasteiger charge is -2.39. The number of rotatable bonds is 1. The van der Waals surface area contributed by atoms with Crippen LogP contribution in [0.2, 0.25) is 0 Å². The van der Waals surface area contributed by atoms with Gasteiger partial charge in [-0.05, 0) is 55.5 Å². The molecule has 1 aliphatic heterocycles. The maximum atomic E-state index is 11.7. The van der Waals surface area contributed by atoms with Crippen LogP contribution in [0.15, 0.2) is 41.3 Å². The molecule has 0 bridgehead atoms. The van der Waals surface area contributed by atoms with Crippen molar-refractivity contribution in [3.05, 3.63) is 53.1 Å². The first-order valence-corrected chi connectivity index (χ1v) is 11.1. The van der Waals surface area contributed by atoms with Gasteiger partial charge in [-0.3, -0.25) is 0 Å². The smallest absolute Gasteiger partial charge is 0.238 e. The molecule has 1 unspecified atom stereocenters. The van der Waals surface area contributed by atoms with Crippen molar-refractivity contribution >= 4 is 38.6 Å². The van der Waals surface area contributed by atoms with Crippen molar-refractivity contribution in [2.45, 2.75) is 36.5 Å². The van der Waals surface area contributed by atoms with Crippen LogP contribution < -0.4 is 13.0 Å². The van der Waals surface area contributed by atoms with E-state index in [1.54, 1.807) is 12.1 Å². The molecule has 0 amide bonds. The highest BCUT2D eigenvalue weighted by molar-refractivity contribution is 14.1. The second-order valence-corrected chi connectivity index (χ2v) is 10.0. The minimum Gasteiger partial charge on any atom is -0.490 e. The maximum Gasteiger partial charge on any atom is 0.238 e. The summed E-state index contributed by atoms with van der Waals surface area (Å²) in [5, 5.41) is 5.30. The van der Waals surface area contributed by atoms with E-state index in [2.05, 4.69) is 51.1 Å². The third-order valence-corrected chi connectivity index (χ3v) is 7.17. The third kappa shape index (κ3) is 3.10. The Bertz CT molecular complexity index is 977. The van der Waals surface area contributed by atoms with Gasteiger partial charge >= 0.3 is 0 Å². The van der Waals surface area contributed by atoms with Crippen LogP contribution in [0.25, 0.3) is 0 Å². The lowest BCUT2D eigenvalue weighted by Crippen LogP contribution is -2.43. The number of benzene rings is 2. The standard InChI is InChI=1S/C19H21IN2O3S/c1-13-4-6-16-14(9-13)3-2-8-19(16)11-22(20)17-10-15(26(21,23)24)5-7-18(17)25-12-19/h4-7,9-10H,2-3,8,11-12H2,1H3,(H2,21,23,24). The van der Waals surface area contributed by atoms with Crippen molar-refractivity contribution < 1.29 is 13.2 Å². The zero-order valence-electron chi connectivity index (χ0n) is 14.5. The Hall–Kier alpha value is -1.32. The van der Waals surface area contributed by atoms with Gasteiger partial charge in [0.15, 0.2) is 0 Å². The molecule has 0 saturated carbocycles. The average molecular weight is 484 g/mol. The fourth-order valence-electron chi connectivity index (χ4n) is 4.11. The molecule has 138 valence electrons. The highest BCUT2D eigenvalue weighted by Gasteiger charge is 2.41. The molecule has 1 aliphatic carbocycles. The van der Waals surface area contributed by atoms with Crippen LogP contribution in [0.4, 0.5) is 5.69 Å². The van der Waals surface area contributed by atoms with Gasteiger partial charge < -0.3 is 7.85 Å². The van der Waals surface area contributed by atoms with Crippen molar-refractivity contribution in [2.24, 2.45) is 5.14 Å². The number of primary sulfonamides is 1. The van der Waals surface area contributed by atoms with Crippen LogP contribution >= 0.6 is 22.9 Å². The second-order valence-electron chi connectivity index (χ2n) is 7.28. The summed E-state index contributed by atoms with van der Waals surface area (Å²) in [5.74, 6) is 0.697. The summed E-state index contributed by atoms with van der Waals surface area (Å²) in [6, 6.07) is 11.5. The van der Waals surface area contributed by atoms with E-state index >= 15 is 0 Å². The number of aryl methyl sites for hydroxylation is 2. The van der Waals surface area contributed by atoms with Crippen LogP contribution in [0.3, 0.4) is 0 Å². The summed E-state index contributed by atoms with van der Waals surface area (Å²) in [5.41, 5.74) is 4.70. The molecule has 2 aromatic carbocycles. The molecule has 1 spiro atoms. The molecule has 7 heteroatoms. The summed E-state index contributed by atoms with van der Waals surface area (Å²) >= 11 is 2.25. The molecule has 2 N–H and O–H groups in total. The molecule has 2 aliphatic rings. The fraction of sp³-hybridized carbons (Fsp3) is 0.368. The number of hydrogen-bond acceptors (Lipinski definition) is 4. The van der Waals surface area contributed by atoms with E-state index < -0.39 is 10.0 Å². The van der Waals surface area contributed by atoms with E-state index in [9.17, 15) is 8.42 Å². The summed E-state index contributed by atoms with van der Waals surface area (Å²) in [4.78, 5) is 0.108. The minimum absolute atomic E-state index is 0.0940. The summed E-state index contributed by atoms with van der Waals surface area (Å²) < 4.78 is 31.7. The van der Waals surface area contributed by atoms with E-state index in [4.69, 9.17) is 9.88 Å². The van der Waals surface area contributed by atoms with E-state index in [0.717, 1.165) is 31.5 Å². The Labute approximate surface area is 168 Å². The largest absolute Gasteiger partial charge is 0.490 e. The molecule has 4 rings (SSSR count). The number of fused-ring (bicyclic) bond motifs is 3. The molecule has 1 heterocycles. The van der Waals surface area contributed by atoms with Gasteiger partial charge in [0.2, 0.25) is 10.0 Å². The quantitative estimate of drug-likeness (QED) is 0.497. The number of sulfonamides is 1. The van der Waals surface area contributed by atoms with E-state index in [1.807, 2.05) is 0 Å². The van der Waals surface area contributed by atoms with Crippen molar-refractivity contribution in [2.75, 3.05) is 16.3 Å². The Morgan fingerprint density at radius 1 is 1.23 bits per heavy atom. The van der Waals surface area contributed by atoms with Gasteiger partial charge in [0.1, 0.15) is 5.75 Å². The van der Waals surface area contributed by atoms with Crippen LogP contribution in [-0.2, 0) is 21.9 Å². The van der Waals surface area contributed by atoms with Crippen LogP contribution in [0.5, 0.6) is 5.75 Å². The second kappa shape index (κ2) is 6.38. The first-order valence-electron chi connectivity index (χ1n) is 8.62. The zero-order chi connectivity index (χ0) is 18.5. The summed E-state index contributed by atoms with van der Waals surface area (Å²) in [6.07, 6.45) is 3.28. The predicted octanol–water partition coefficient (Wildman–Crippen LogP) is 3.47. The number of hydrogen-bond donors (Lipinski definition) is 1. The lowest BCUT2D eigenvalue weighted by atomic mass is 9.70. The summed E-state index contributed by atoms with van der Waals surface area (Å²) in [7, 11) is -3.74. The van der Waals surface area contributed by atoms with Gasteiger partial charge in [-0.1, -0.05) is 23.8 Å². The molecule has 2 aromatic rings. The molecule has 1 atom stereocenters. The molecule has 0 saturated heterocycles.